The Labute approximate surface area is 247 Å². The Balaban J connectivity index is 2.09. The summed E-state index contributed by atoms with van der Waals surface area (Å²) in [7, 11) is -3.95. The Morgan fingerprint density at radius 1 is 0.950 bits per heavy atom. The van der Waals surface area contributed by atoms with E-state index in [4.69, 9.17) is 23.2 Å². The molecule has 1 N–H and O–H groups in total. The minimum Gasteiger partial charge on any atom is -0.352 e. The zero-order valence-corrected chi connectivity index (χ0v) is 25.4. The Bertz CT molecular complexity index is 1430. The molecule has 3 aromatic carbocycles. The lowest BCUT2D eigenvalue weighted by molar-refractivity contribution is -0.140. The number of hydrogen-bond acceptors (Lipinski definition) is 4. The molecular formula is C30H35Cl2N3O4S. The molecule has 0 radical (unpaired) electrons. The molecule has 0 aliphatic carbocycles. The molecule has 40 heavy (non-hydrogen) atoms. The molecule has 0 aliphatic rings. The van der Waals surface area contributed by atoms with E-state index in [9.17, 15) is 18.0 Å². The van der Waals surface area contributed by atoms with E-state index in [1.807, 2.05) is 75.4 Å². The van der Waals surface area contributed by atoms with Crippen LogP contribution < -0.4 is 9.62 Å². The van der Waals surface area contributed by atoms with E-state index in [1.54, 1.807) is 0 Å². The van der Waals surface area contributed by atoms with Gasteiger partial charge in [0.15, 0.2) is 0 Å². The Morgan fingerprint density at radius 2 is 1.62 bits per heavy atom. The van der Waals surface area contributed by atoms with Crippen molar-refractivity contribution in [3.05, 3.63) is 99.5 Å². The normalized spacial score (nSPS) is 12.8. The smallest absolute Gasteiger partial charge is 0.244 e. The van der Waals surface area contributed by atoms with Crippen molar-refractivity contribution >= 4 is 50.7 Å². The molecule has 3 rings (SSSR count). The molecule has 0 spiro atoms. The fraction of sp³-hybridized carbons (Fsp3) is 0.333. The zero-order chi connectivity index (χ0) is 29.4. The number of nitrogens with zero attached hydrogens (tertiary/aromatic N) is 2. The molecule has 2 atom stereocenters. The SMILES string of the molecule is CCC(C)NC(=O)C(Cc1ccccc1)N(Cc1cccc(C)c1)C(=O)CN(c1cc(Cl)ccc1Cl)S(C)(=O)=O. The maximum absolute atomic E-state index is 14.1. The van der Waals surface area contributed by atoms with Crippen LogP contribution in [0.4, 0.5) is 5.69 Å². The minimum absolute atomic E-state index is 0.0872. The first-order valence-corrected chi connectivity index (χ1v) is 15.6. The number of aryl methyl sites for hydroxylation is 1. The summed E-state index contributed by atoms with van der Waals surface area (Å²) in [4.78, 5) is 29.3. The maximum atomic E-state index is 14.1. The third-order valence-corrected chi connectivity index (χ3v) is 8.24. The van der Waals surface area contributed by atoms with Crippen LogP contribution in [-0.2, 0) is 32.6 Å². The Kier molecular flexibility index (Phi) is 11.0. The highest BCUT2D eigenvalue weighted by Gasteiger charge is 2.34. The molecule has 2 amide bonds. The van der Waals surface area contributed by atoms with Crippen molar-refractivity contribution in [2.75, 3.05) is 17.1 Å². The molecule has 0 bridgehead atoms. The van der Waals surface area contributed by atoms with E-state index in [1.165, 1.54) is 23.1 Å². The topological polar surface area (TPSA) is 86.8 Å². The minimum atomic E-state index is -3.95. The summed E-state index contributed by atoms with van der Waals surface area (Å²) in [6, 6.07) is 20.5. The van der Waals surface area contributed by atoms with E-state index in [-0.39, 0.29) is 40.6 Å². The monoisotopic (exact) mass is 603 g/mol. The molecule has 10 heteroatoms. The molecule has 2 unspecified atom stereocenters. The fourth-order valence-electron chi connectivity index (χ4n) is 4.27. The lowest BCUT2D eigenvalue weighted by atomic mass is 10.0. The molecule has 0 saturated carbocycles. The number of rotatable bonds is 12. The molecule has 0 aromatic heterocycles. The number of anilines is 1. The predicted octanol–water partition coefficient (Wildman–Crippen LogP) is 5.62. The van der Waals surface area contributed by atoms with Gasteiger partial charge in [-0.3, -0.25) is 13.9 Å². The van der Waals surface area contributed by atoms with Gasteiger partial charge in [-0.1, -0.05) is 90.3 Å². The van der Waals surface area contributed by atoms with Crippen LogP contribution in [0, 0.1) is 6.92 Å². The van der Waals surface area contributed by atoms with Gasteiger partial charge in [0.2, 0.25) is 21.8 Å². The average Bonchev–Trinajstić information content (AvgIpc) is 2.90. The number of carbonyl (C=O) groups excluding carboxylic acids is 2. The van der Waals surface area contributed by atoms with Crippen molar-refractivity contribution in [1.29, 1.82) is 0 Å². The highest BCUT2D eigenvalue weighted by Crippen LogP contribution is 2.31. The van der Waals surface area contributed by atoms with Crippen molar-refractivity contribution in [1.82, 2.24) is 10.2 Å². The number of benzene rings is 3. The van der Waals surface area contributed by atoms with Crippen LogP contribution in [0.25, 0.3) is 0 Å². The van der Waals surface area contributed by atoms with Crippen molar-refractivity contribution < 1.29 is 18.0 Å². The lowest BCUT2D eigenvalue weighted by Crippen LogP contribution is -2.54. The summed E-state index contributed by atoms with van der Waals surface area (Å²) in [5.74, 6) is -0.867. The summed E-state index contributed by atoms with van der Waals surface area (Å²) >= 11 is 12.5. The molecular weight excluding hydrogens is 569 g/mol. The van der Waals surface area contributed by atoms with Gasteiger partial charge in [-0.05, 0) is 49.6 Å². The van der Waals surface area contributed by atoms with Crippen molar-refractivity contribution in [3.8, 4) is 0 Å². The third-order valence-electron chi connectivity index (χ3n) is 6.56. The van der Waals surface area contributed by atoms with Gasteiger partial charge in [0.05, 0.1) is 17.0 Å². The standard InChI is InChI=1S/C30H35Cl2N3O4S/c1-5-22(3)33-30(37)28(17-23-11-7-6-8-12-23)34(19-24-13-9-10-21(2)16-24)29(36)20-35(40(4,38)39)27-18-25(31)14-15-26(27)32/h6-16,18,22,28H,5,17,19-20H2,1-4H3,(H,33,37). The van der Waals surface area contributed by atoms with Gasteiger partial charge in [0, 0.05) is 24.0 Å². The first kappa shape index (κ1) is 31.5. The van der Waals surface area contributed by atoms with Crippen LogP contribution in [0.1, 0.15) is 37.0 Å². The number of hydrogen-bond donors (Lipinski definition) is 1. The summed E-state index contributed by atoms with van der Waals surface area (Å²) in [5.41, 5.74) is 2.77. The second kappa shape index (κ2) is 14.0. The van der Waals surface area contributed by atoms with Crippen LogP contribution in [-0.4, -0.2) is 50.0 Å². The van der Waals surface area contributed by atoms with Gasteiger partial charge in [-0.25, -0.2) is 8.42 Å². The highest BCUT2D eigenvalue weighted by molar-refractivity contribution is 7.92. The summed E-state index contributed by atoms with van der Waals surface area (Å²) in [6.45, 7) is 5.35. The van der Waals surface area contributed by atoms with Crippen molar-refractivity contribution in [2.24, 2.45) is 0 Å². The second-order valence-corrected chi connectivity index (χ2v) is 12.6. The van der Waals surface area contributed by atoms with E-state index >= 15 is 0 Å². The predicted molar refractivity (Wildman–Crippen MR) is 162 cm³/mol. The quantitative estimate of drug-likeness (QED) is 0.291. The van der Waals surface area contributed by atoms with E-state index in [2.05, 4.69) is 5.32 Å². The lowest BCUT2D eigenvalue weighted by Gasteiger charge is -2.34. The largest absolute Gasteiger partial charge is 0.352 e. The molecule has 0 fully saturated rings. The van der Waals surface area contributed by atoms with Gasteiger partial charge >= 0.3 is 0 Å². The number of halogens is 2. The Hall–Kier alpha value is -3.07. The zero-order valence-electron chi connectivity index (χ0n) is 23.1. The van der Waals surface area contributed by atoms with E-state index < -0.39 is 28.5 Å². The number of carbonyl (C=O) groups is 2. The van der Waals surface area contributed by atoms with Gasteiger partial charge in [0.25, 0.3) is 0 Å². The van der Waals surface area contributed by atoms with Gasteiger partial charge < -0.3 is 10.2 Å². The summed E-state index contributed by atoms with van der Waals surface area (Å²) < 4.78 is 26.7. The molecule has 214 valence electrons. The first-order valence-electron chi connectivity index (χ1n) is 13.0. The average molecular weight is 605 g/mol. The van der Waals surface area contributed by atoms with Gasteiger partial charge in [-0.15, -0.1) is 0 Å². The highest BCUT2D eigenvalue weighted by atomic mass is 35.5. The third kappa shape index (κ3) is 8.71. The van der Waals surface area contributed by atoms with Gasteiger partial charge in [0.1, 0.15) is 12.6 Å². The summed E-state index contributed by atoms with van der Waals surface area (Å²) in [5, 5.41) is 3.41. The van der Waals surface area contributed by atoms with Crippen LogP contribution in [0.15, 0.2) is 72.8 Å². The molecule has 7 nitrogen and oxygen atoms in total. The van der Waals surface area contributed by atoms with Crippen LogP contribution in [0.2, 0.25) is 10.0 Å². The van der Waals surface area contributed by atoms with Crippen molar-refractivity contribution in [2.45, 2.75) is 52.2 Å². The molecule has 3 aromatic rings. The second-order valence-electron chi connectivity index (χ2n) is 9.90. The molecule has 0 heterocycles. The van der Waals surface area contributed by atoms with E-state index in [0.29, 0.717) is 6.42 Å². The summed E-state index contributed by atoms with van der Waals surface area (Å²) in [6.07, 6.45) is 1.96. The van der Waals surface area contributed by atoms with Gasteiger partial charge in [-0.2, -0.15) is 0 Å². The van der Waals surface area contributed by atoms with Crippen LogP contribution in [0.3, 0.4) is 0 Å². The number of amides is 2. The molecule has 0 aliphatic heterocycles. The number of sulfonamides is 1. The fourth-order valence-corrected chi connectivity index (χ4v) is 5.56. The number of nitrogens with one attached hydrogen (secondary N) is 1. The molecule has 0 saturated heterocycles. The Morgan fingerprint density at radius 3 is 2.25 bits per heavy atom. The van der Waals surface area contributed by atoms with Crippen molar-refractivity contribution in [3.63, 3.8) is 0 Å². The van der Waals surface area contributed by atoms with Crippen LogP contribution >= 0.6 is 23.2 Å². The van der Waals surface area contributed by atoms with Crippen LogP contribution in [0.5, 0.6) is 0 Å². The first-order chi connectivity index (χ1) is 18.9. The maximum Gasteiger partial charge on any atom is 0.244 e. The van der Waals surface area contributed by atoms with E-state index in [0.717, 1.165) is 27.3 Å².